The number of piperidine rings is 1. The van der Waals surface area contributed by atoms with Crippen LogP contribution in [0.1, 0.15) is 32.1 Å². The maximum atomic E-state index is 11.7. The van der Waals surface area contributed by atoms with E-state index in [-0.39, 0.29) is 12.6 Å². The first-order valence-electron chi connectivity index (χ1n) is 6.99. The van der Waals surface area contributed by atoms with Crippen molar-refractivity contribution in [2.75, 3.05) is 26.7 Å². The maximum absolute atomic E-state index is 11.7. The molecule has 2 aliphatic rings. The van der Waals surface area contributed by atoms with E-state index in [0.29, 0.717) is 25.4 Å². The smallest absolute Gasteiger partial charge is 0.314 e. The molecular formula is C13H23N3O3. The molecule has 6 heteroatoms. The van der Waals surface area contributed by atoms with Crippen molar-refractivity contribution < 1.29 is 14.7 Å². The molecule has 1 atom stereocenters. The van der Waals surface area contributed by atoms with Gasteiger partial charge in [-0.3, -0.25) is 4.79 Å². The number of nitrogens with zero attached hydrogens (tertiary/aromatic N) is 1. The topological polar surface area (TPSA) is 81.7 Å². The quantitative estimate of drug-likeness (QED) is 0.684. The molecule has 0 bridgehead atoms. The summed E-state index contributed by atoms with van der Waals surface area (Å²) in [6.45, 7) is 1.94. The molecule has 0 radical (unpaired) electrons. The lowest BCUT2D eigenvalue weighted by molar-refractivity contribution is -0.143. The lowest BCUT2D eigenvalue weighted by Gasteiger charge is -2.32. The van der Waals surface area contributed by atoms with Gasteiger partial charge in [-0.25, -0.2) is 4.79 Å². The molecule has 3 N–H and O–H groups in total. The highest BCUT2D eigenvalue weighted by molar-refractivity contribution is 5.80. The van der Waals surface area contributed by atoms with Crippen LogP contribution in [0.2, 0.25) is 0 Å². The van der Waals surface area contributed by atoms with Crippen molar-refractivity contribution in [2.24, 2.45) is 5.41 Å². The van der Waals surface area contributed by atoms with Crippen molar-refractivity contribution >= 4 is 12.0 Å². The molecule has 6 nitrogen and oxygen atoms in total. The number of carboxylic acids is 1. The standard InChI is InChI=1S/C13H23N3O3/c1-16-7-3-2-4-10(16)8-14-12(19)15-9-13(5-6-13)11(17)18/h10H,2-9H2,1H3,(H,17,18)(H2,14,15,19). The monoisotopic (exact) mass is 269 g/mol. The Labute approximate surface area is 113 Å². The van der Waals surface area contributed by atoms with Crippen LogP contribution in [0.25, 0.3) is 0 Å². The highest BCUT2D eigenvalue weighted by Crippen LogP contribution is 2.45. The summed E-state index contributed by atoms with van der Waals surface area (Å²) < 4.78 is 0. The van der Waals surface area contributed by atoms with Crippen LogP contribution in [0.15, 0.2) is 0 Å². The molecule has 108 valence electrons. The van der Waals surface area contributed by atoms with Crippen LogP contribution in [0.5, 0.6) is 0 Å². The SMILES string of the molecule is CN1CCCCC1CNC(=O)NCC1(C(=O)O)CC1. The zero-order valence-electron chi connectivity index (χ0n) is 11.4. The maximum Gasteiger partial charge on any atom is 0.314 e. The van der Waals surface area contributed by atoms with Gasteiger partial charge in [0.2, 0.25) is 0 Å². The Bertz CT molecular complexity index is 355. The summed E-state index contributed by atoms with van der Waals surface area (Å²) in [5.41, 5.74) is -0.695. The fourth-order valence-electron chi connectivity index (χ4n) is 2.54. The largest absolute Gasteiger partial charge is 0.481 e. The van der Waals surface area contributed by atoms with E-state index < -0.39 is 11.4 Å². The number of carbonyl (C=O) groups is 2. The average Bonchev–Trinajstić information content (AvgIpc) is 3.16. The zero-order chi connectivity index (χ0) is 13.9. The Kier molecular flexibility index (Phi) is 4.29. The first kappa shape index (κ1) is 14.1. The number of nitrogens with one attached hydrogen (secondary N) is 2. The molecule has 2 amide bonds. The highest BCUT2D eigenvalue weighted by Gasteiger charge is 2.50. The van der Waals surface area contributed by atoms with Crippen molar-refractivity contribution in [1.82, 2.24) is 15.5 Å². The fraction of sp³-hybridized carbons (Fsp3) is 0.846. The summed E-state index contributed by atoms with van der Waals surface area (Å²) in [7, 11) is 2.08. The van der Waals surface area contributed by atoms with Crippen molar-refractivity contribution in [3.8, 4) is 0 Å². The fourth-order valence-corrected chi connectivity index (χ4v) is 2.54. The summed E-state index contributed by atoms with van der Waals surface area (Å²) in [5.74, 6) is -0.806. The highest BCUT2D eigenvalue weighted by atomic mass is 16.4. The molecule has 1 saturated carbocycles. The second-order valence-electron chi connectivity index (χ2n) is 5.78. The molecule has 1 saturated heterocycles. The number of aliphatic carboxylic acids is 1. The zero-order valence-corrected chi connectivity index (χ0v) is 11.4. The number of likely N-dealkylation sites (tertiary alicyclic amines) is 1. The number of hydrogen-bond donors (Lipinski definition) is 3. The van der Waals surface area contributed by atoms with Gasteiger partial charge in [-0.05, 0) is 39.3 Å². The number of likely N-dealkylation sites (N-methyl/N-ethyl adjacent to an activating group) is 1. The van der Waals surface area contributed by atoms with Gasteiger partial charge < -0.3 is 20.6 Å². The summed E-state index contributed by atoms with van der Waals surface area (Å²) in [6.07, 6.45) is 4.86. The second kappa shape index (κ2) is 5.77. The Morgan fingerprint density at radius 2 is 2.05 bits per heavy atom. The minimum absolute atomic E-state index is 0.231. The van der Waals surface area contributed by atoms with E-state index in [1.165, 1.54) is 12.8 Å². The number of amides is 2. The molecule has 1 aliphatic carbocycles. The molecule has 1 unspecified atom stereocenters. The molecule has 0 aromatic heterocycles. The lowest BCUT2D eigenvalue weighted by atomic mass is 10.0. The normalized spacial score (nSPS) is 25.6. The predicted molar refractivity (Wildman–Crippen MR) is 71.0 cm³/mol. The minimum atomic E-state index is -0.806. The van der Waals surface area contributed by atoms with Gasteiger partial charge >= 0.3 is 12.0 Å². The van der Waals surface area contributed by atoms with Gasteiger partial charge in [0.15, 0.2) is 0 Å². The third-order valence-electron chi connectivity index (χ3n) is 4.31. The Morgan fingerprint density at radius 1 is 1.32 bits per heavy atom. The van der Waals surface area contributed by atoms with Gasteiger partial charge in [-0.1, -0.05) is 6.42 Å². The Hall–Kier alpha value is -1.30. The number of rotatable bonds is 5. The molecule has 0 aromatic rings. The number of hydrogen-bond acceptors (Lipinski definition) is 3. The van der Waals surface area contributed by atoms with Crippen molar-refractivity contribution in [3.05, 3.63) is 0 Å². The van der Waals surface area contributed by atoms with E-state index in [0.717, 1.165) is 13.0 Å². The van der Waals surface area contributed by atoms with Crippen LogP contribution >= 0.6 is 0 Å². The van der Waals surface area contributed by atoms with E-state index in [9.17, 15) is 9.59 Å². The third kappa shape index (κ3) is 3.59. The van der Waals surface area contributed by atoms with E-state index in [4.69, 9.17) is 5.11 Å². The van der Waals surface area contributed by atoms with Crippen LogP contribution < -0.4 is 10.6 Å². The minimum Gasteiger partial charge on any atom is -0.481 e. The molecule has 1 heterocycles. The summed E-state index contributed by atoms with van der Waals surface area (Å²) in [5, 5.41) is 14.5. The number of carboxylic acid groups (broad SMARTS) is 1. The predicted octanol–water partition coefficient (Wildman–Crippen LogP) is 0.635. The van der Waals surface area contributed by atoms with Crippen LogP contribution in [0.3, 0.4) is 0 Å². The van der Waals surface area contributed by atoms with Gasteiger partial charge in [0.25, 0.3) is 0 Å². The van der Waals surface area contributed by atoms with Crippen LogP contribution in [0.4, 0.5) is 4.79 Å². The number of urea groups is 1. The second-order valence-corrected chi connectivity index (χ2v) is 5.78. The van der Waals surface area contributed by atoms with Crippen molar-refractivity contribution in [2.45, 2.75) is 38.1 Å². The average molecular weight is 269 g/mol. The van der Waals surface area contributed by atoms with Gasteiger partial charge in [0, 0.05) is 19.1 Å². The van der Waals surface area contributed by atoms with Crippen molar-refractivity contribution in [3.63, 3.8) is 0 Å². The lowest BCUT2D eigenvalue weighted by Crippen LogP contribution is -2.48. The molecule has 1 aliphatic heterocycles. The molecular weight excluding hydrogens is 246 g/mol. The molecule has 2 fully saturated rings. The molecule has 0 spiro atoms. The molecule has 19 heavy (non-hydrogen) atoms. The first-order chi connectivity index (χ1) is 9.03. The third-order valence-corrected chi connectivity index (χ3v) is 4.31. The van der Waals surface area contributed by atoms with Gasteiger partial charge in [0.05, 0.1) is 5.41 Å². The first-order valence-corrected chi connectivity index (χ1v) is 6.99. The van der Waals surface area contributed by atoms with E-state index >= 15 is 0 Å². The van der Waals surface area contributed by atoms with Gasteiger partial charge in [-0.15, -0.1) is 0 Å². The van der Waals surface area contributed by atoms with Gasteiger partial charge in [-0.2, -0.15) is 0 Å². The summed E-state index contributed by atoms with van der Waals surface area (Å²) in [6, 6.07) is 0.139. The number of carbonyl (C=O) groups excluding carboxylic acids is 1. The molecule has 0 aromatic carbocycles. The summed E-state index contributed by atoms with van der Waals surface area (Å²) in [4.78, 5) is 24.9. The van der Waals surface area contributed by atoms with Gasteiger partial charge in [0.1, 0.15) is 0 Å². The van der Waals surface area contributed by atoms with Crippen LogP contribution in [-0.2, 0) is 4.79 Å². The van der Waals surface area contributed by atoms with Crippen LogP contribution in [0, 0.1) is 5.41 Å². The van der Waals surface area contributed by atoms with E-state index in [1.807, 2.05) is 0 Å². The Balaban J connectivity index is 1.66. The Morgan fingerprint density at radius 3 is 2.63 bits per heavy atom. The molecule has 2 rings (SSSR count). The van der Waals surface area contributed by atoms with E-state index in [2.05, 4.69) is 22.6 Å². The van der Waals surface area contributed by atoms with E-state index in [1.54, 1.807) is 0 Å². The summed E-state index contributed by atoms with van der Waals surface area (Å²) >= 11 is 0. The van der Waals surface area contributed by atoms with Crippen LogP contribution in [-0.4, -0.2) is 54.7 Å². The van der Waals surface area contributed by atoms with Crippen molar-refractivity contribution in [1.29, 1.82) is 0 Å².